The van der Waals surface area contributed by atoms with Crippen LogP contribution in [0.4, 0.5) is 0 Å². The summed E-state index contributed by atoms with van der Waals surface area (Å²) in [6.45, 7) is 2.03. The van der Waals surface area contributed by atoms with Gasteiger partial charge in [0.15, 0.2) is 5.82 Å². The van der Waals surface area contributed by atoms with Gasteiger partial charge in [0, 0.05) is 17.6 Å². The highest BCUT2D eigenvalue weighted by Crippen LogP contribution is 2.30. The number of aromatic nitrogens is 2. The lowest BCUT2D eigenvalue weighted by atomic mass is 10.0. The second-order valence-corrected chi connectivity index (χ2v) is 6.51. The fourth-order valence-electron chi connectivity index (χ4n) is 2.35. The molecule has 0 aliphatic heterocycles. The molecule has 0 amide bonds. The van der Waals surface area contributed by atoms with Gasteiger partial charge in [0.05, 0.1) is 11.8 Å². The van der Waals surface area contributed by atoms with Crippen molar-refractivity contribution in [2.45, 2.75) is 68.8 Å². The Balaban J connectivity index is 1.78. The number of nitrogens with zero attached hydrogens (tertiary/aromatic N) is 3. The highest BCUT2D eigenvalue weighted by Gasteiger charge is 2.17. The average molecular weight is 279 g/mol. The first-order valence-electron chi connectivity index (χ1n) is 7.10. The first-order valence-corrected chi connectivity index (χ1v) is 8.15. The van der Waals surface area contributed by atoms with Gasteiger partial charge in [0.25, 0.3) is 0 Å². The van der Waals surface area contributed by atoms with E-state index in [-0.39, 0.29) is 5.92 Å². The Morgan fingerprint density at radius 1 is 1.42 bits per heavy atom. The summed E-state index contributed by atoms with van der Waals surface area (Å²) in [5, 5.41) is 13.4. The number of nitriles is 1. The molecule has 0 N–H and O–H groups in total. The van der Waals surface area contributed by atoms with Gasteiger partial charge < -0.3 is 4.52 Å². The highest BCUT2D eigenvalue weighted by atomic mass is 32.2. The van der Waals surface area contributed by atoms with Crippen LogP contribution in [-0.4, -0.2) is 15.4 Å². The third kappa shape index (κ3) is 4.54. The van der Waals surface area contributed by atoms with Crippen molar-refractivity contribution in [1.29, 1.82) is 5.26 Å². The third-order valence-corrected chi connectivity index (χ3v) is 4.96. The summed E-state index contributed by atoms with van der Waals surface area (Å²) in [6.07, 6.45) is 8.09. The minimum absolute atomic E-state index is 0.181. The van der Waals surface area contributed by atoms with Gasteiger partial charge >= 0.3 is 0 Å². The van der Waals surface area contributed by atoms with Crippen molar-refractivity contribution >= 4 is 11.8 Å². The van der Waals surface area contributed by atoms with Crippen molar-refractivity contribution < 1.29 is 4.52 Å². The molecule has 104 valence electrons. The van der Waals surface area contributed by atoms with E-state index >= 15 is 0 Å². The quantitative estimate of drug-likeness (QED) is 0.786. The van der Waals surface area contributed by atoms with E-state index in [4.69, 9.17) is 9.78 Å². The highest BCUT2D eigenvalue weighted by molar-refractivity contribution is 7.99. The van der Waals surface area contributed by atoms with Crippen LogP contribution < -0.4 is 0 Å². The average Bonchev–Trinajstić information content (AvgIpc) is 2.92. The summed E-state index contributed by atoms with van der Waals surface area (Å²) >= 11 is 1.96. The van der Waals surface area contributed by atoms with Crippen LogP contribution in [0.1, 0.15) is 69.5 Å². The summed E-state index contributed by atoms with van der Waals surface area (Å²) in [4.78, 5) is 4.44. The third-order valence-electron chi connectivity index (χ3n) is 3.59. The van der Waals surface area contributed by atoms with Crippen molar-refractivity contribution in [3.63, 3.8) is 0 Å². The zero-order valence-electron chi connectivity index (χ0n) is 11.5. The molecule has 1 aromatic heterocycles. The molecule has 1 heterocycles. The normalized spacial score (nSPS) is 18.1. The first-order chi connectivity index (χ1) is 9.29. The zero-order valence-corrected chi connectivity index (χ0v) is 12.3. The van der Waals surface area contributed by atoms with Crippen LogP contribution in [-0.2, 0) is 5.75 Å². The van der Waals surface area contributed by atoms with Gasteiger partial charge in [-0.05, 0) is 19.3 Å². The van der Waals surface area contributed by atoms with Gasteiger partial charge in [-0.3, -0.25) is 0 Å². The smallest absolute Gasteiger partial charge is 0.229 e. The number of thioether (sulfide) groups is 1. The van der Waals surface area contributed by atoms with E-state index in [0.717, 1.165) is 23.2 Å². The molecule has 1 aliphatic carbocycles. The molecule has 1 fully saturated rings. The van der Waals surface area contributed by atoms with Crippen LogP contribution in [0.3, 0.4) is 0 Å². The second-order valence-electron chi connectivity index (χ2n) is 5.22. The summed E-state index contributed by atoms with van der Waals surface area (Å²) in [7, 11) is 0. The Kier molecular flexibility index (Phi) is 5.71. The summed E-state index contributed by atoms with van der Waals surface area (Å²) in [5.74, 6) is 2.50. The molecule has 1 aliphatic rings. The lowest BCUT2D eigenvalue weighted by Crippen LogP contribution is -2.08. The molecule has 0 bridgehead atoms. The Hall–Kier alpha value is -1.02. The van der Waals surface area contributed by atoms with E-state index < -0.39 is 0 Å². The topological polar surface area (TPSA) is 62.7 Å². The van der Waals surface area contributed by atoms with Crippen LogP contribution in [0.25, 0.3) is 0 Å². The van der Waals surface area contributed by atoms with Crippen molar-refractivity contribution in [2.24, 2.45) is 0 Å². The number of hydrogen-bond donors (Lipinski definition) is 0. The molecule has 0 spiro atoms. The van der Waals surface area contributed by atoms with Crippen LogP contribution in [0.15, 0.2) is 4.52 Å². The van der Waals surface area contributed by atoms with Crippen LogP contribution in [0, 0.1) is 11.3 Å². The lowest BCUT2D eigenvalue weighted by molar-refractivity contribution is 0.351. The minimum atomic E-state index is 0.181. The molecule has 0 aromatic carbocycles. The standard InChI is InChI=1S/C14H21N3OS/c1-11(6-5-9-15)14-16-13(17-18-14)10-19-12-7-3-2-4-8-12/h11-12H,2-8,10H2,1H3. The van der Waals surface area contributed by atoms with E-state index in [2.05, 4.69) is 16.2 Å². The molecule has 1 saturated carbocycles. The SMILES string of the molecule is CC(CCC#N)c1nc(CSC2CCCCC2)no1. The van der Waals surface area contributed by atoms with Crippen molar-refractivity contribution in [1.82, 2.24) is 10.1 Å². The predicted octanol–water partition coefficient (Wildman–Crippen LogP) is 4.04. The molecule has 1 unspecified atom stereocenters. The van der Waals surface area contributed by atoms with E-state index in [0.29, 0.717) is 12.3 Å². The fraction of sp³-hybridized carbons (Fsp3) is 0.786. The van der Waals surface area contributed by atoms with Gasteiger partial charge in [0.2, 0.25) is 5.89 Å². The molecule has 0 radical (unpaired) electrons. The van der Waals surface area contributed by atoms with E-state index in [9.17, 15) is 0 Å². The predicted molar refractivity (Wildman–Crippen MR) is 75.7 cm³/mol. The van der Waals surface area contributed by atoms with Crippen LogP contribution in [0.2, 0.25) is 0 Å². The fourth-order valence-corrected chi connectivity index (χ4v) is 3.52. The zero-order chi connectivity index (χ0) is 13.5. The maximum Gasteiger partial charge on any atom is 0.229 e. The summed E-state index contributed by atoms with van der Waals surface area (Å²) in [5.41, 5.74) is 0. The molecule has 2 rings (SSSR count). The molecular formula is C14H21N3OS. The van der Waals surface area contributed by atoms with Gasteiger partial charge in [-0.1, -0.05) is 31.3 Å². The molecule has 5 heteroatoms. The number of hydrogen-bond acceptors (Lipinski definition) is 5. The van der Waals surface area contributed by atoms with E-state index in [1.165, 1.54) is 32.1 Å². The Morgan fingerprint density at radius 2 is 2.21 bits per heavy atom. The van der Waals surface area contributed by atoms with Gasteiger partial charge in [-0.2, -0.15) is 22.0 Å². The molecule has 1 atom stereocenters. The van der Waals surface area contributed by atoms with Crippen molar-refractivity contribution in [3.8, 4) is 6.07 Å². The molecule has 4 nitrogen and oxygen atoms in total. The van der Waals surface area contributed by atoms with Crippen LogP contribution in [0.5, 0.6) is 0 Å². The largest absolute Gasteiger partial charge is 0.339 e. The molecule has 1 aromatic rings. The van der Waals surface area contributed by atoms with Gasteiger partial charge in [0.1, 0.15) is 0 Å². The van der Waals surface area contributed by atoms with Crippen molar-refractivity contribution in [3.05, 3.63) is 11.7 Å². The second kappa shape index (κ2) is 7.54. The Labute approximate surface area is 119 Å². The monoisotopic (exact) mass is 279 g/mol. The van der Waals surface area contributed by atoms with Crippen LogP contribution >= 0.6 is 11.8 Å². The minimum Gasteiger partial charge on any atom is -0.339 e. The first kappa shape index (κ1) is 14.4. The van der Waals surface area contributed by atoms with Crippen molar-refractivity contribution in [2.75, 3.05) is 0 Å². The van der Waals surface area contributed by atoms with Gasteiger partial charge in [-0.25, -0.2) is 0 Å². The molecule has 0 saturated heterocycles. The lowest BCUT2D eigenvalue weighted by Gasteiger charge is -2.19. The maximum atomic E-state index is 8.58. The summed E-state index contributed by atoms with van der Waals surface area (Å²) < 4.78 is 5.28. The Morgan fingerprint density at radius 3 is 2.95 bits per heavy atom. The van der Waals surface area contributed by atoms with Gasteiger partial charge in [-0.15, -0.1) is 0 Å². The number of rotatable bonds is 6. The van der Waals surface area contributed by atoms with E-state index in [1.54, 1.807) is 0 Å². The van der Waals surface area contributed by atoms with E-state index in [1.807, 2.05) is 18.7 Å². The molecule has 19 heavy (non-hydrogen) atoms. The molecular weight excluding hydrogens is 258 g/mol. The Bertz CT molecular complexity index is 421. The summed E-state index contributed by atoms with van der Waals surface area (Å²) in [6, 6.07) is 2.15. The maximum absolute atomic E-state index is 8.58.